The zero-order chi connectivity index (χ0) is 12.0. The van der Waals surface area contributed by atoms with E-state index in [9.17, 15) is 0 Å². The monoisotopic (exact) mass is 228 g/mol. The van der Waals surface area contributed by atoms with Crippen LogP contribution in [0.3, 0.4) is 0 Å². The van der Waals surface area contributed by atoms with Gasteiger partial charge in [-0.3, -0.25) is 4.90 Å². The Morgan fingerprint density at radius 3 is 2.75 bits per heavy atom. The van der Waals surface area contributed by atoms with Crippen molar-refractivity contribution in [1.82, 2.24) is 10.2 Å². The third kappa shape index (κ3) is 5.28. The summed E-state index contributed by atoms with van der Waals surface area (Å²) in [4.78, 5) is 2.52. The number of rotatable bonds is 6. The molecule has 0 aromatic rings. The molecule has 0 saturated carbocycles. The third-order valence-electron chi connectivity index (χ3n) is 3.26. The number of ether oxygens (including phenoxy) is 1. The molecular weight excluding hydrogens is 200 g/mol. The highest BCUT2D eigenvalue weighted by Crippen LogP contribution is 2.06. The van der Waals surface area contributed by atoms with Crippen LogP contribution in [-0.4, -0.2) is 49.8 Å². The first-order valence-electron chi connectivity index (χ1n) is 6.64. The van der Waals surface area contributed by atoms with Gasteiger partial charge in [-0.1, -0.05) is 13.8 Å². The lowest BCUT2D eigenvalue weighted by atomic mass is 10.1. The minimum Gasteiger partial charge on any atom is -0.380 e. The normalized spacial score (nSPS) is 27.6. The van der Waals surface area contributed by atoms with E-state index in [1.165, 1.54) is 6.42 Å². The molecule has 0 aromatic heterocycles. The van der Waals surface area contributed by atoms with Gasteiger partial charge >= 0.3 is 0 Å². The van der Waals surface area contributed by atoms with Gasteiger partial charge in [0.15, 0.2) is 0 Å². The molecule has 1 aliphatic heterocycles. The van der Waals surface area contributed by atoms with Gasteiger partial charge in [0.2, 0.25) is 0 Å². The molecule has 1 aliphatic rings. The number of piperazine rings is 1. The second-order valence-electron chi connectivity index (χ2n) is 5.45. The van der Waals surface area contributed by atoms with Crippen molar-refractivity contribution in [3.63, 3.8) is 0 Å². The maximum absolute atomic E-state index is 5.67. The molecule has 0 spiro atoms. The van der Waals surface area contributed by atoms with Crippen molar-refractivity contribution in [3.05, 3.63) is 0 Å². The summed E-state index contributed by atoms with van der Waals surface area (Å²) in [6.45, 7) is 14.1. The summed E-state index contributed by atoms with van der Waals surface area (Å²) in [6.07, 6.45) is 1.17. The summed E-state index contributed by atoms with van der Waals surface area (Å²) in [7, 11) is 0. The van der Waals surface area contributed by atoms with Gasteiger partial charge in [0, 0.05) is 38.3 Å². The molecule has 0 aromatic carbocycles. The largest absolute Gasteiger partial charge is 0.380 e. The van der Waals surface area contributed by atoms with Gasteiger partial charge in [-0.05, 0) is 26.2 Å². The standard InChI is InChI=1S/C13H28N2O/c1-11(2)5-7-16-8-6-15-10-12(3)14-9-13(15)4/h11-14H,5-10H2,1-4H3. The topological polar surface area (TPSA) is 24.5 Å². The zero-order valence-electron chi connectivity index (χ0n) is 11.3. The average Bonchev–Trinajstić information content (AvgIpc) is 2.22. The smallest absolute Gasteiger partial charge is 0.0593 e. The van der Waals surface area contributed by atoms with Crippen LogP contribution in [0.5, 0.6) is 0 Å². The molecule has 96 valence electrons. The molecule has 3 nitrogen and oxygen atoms in total. The van der Waals surface area contributed by atoms with E-state index < -0.39 is 0 Å². The highest BCUT2D eigenvalue weighted by Gasteiger charge is 2.21. The Kier molecular flexibility index (Phi) is 6.32. The fraction of sp³-hybridized carbons (Fsp3) is 1.00. The van der Waals surface area contributed by atoms with E-state index in [0.29, 0.717) is 12.1 Å². The number of nitrogens with zero attached hydrogens (tertiary/aromatic N) is 1. The summed E-state index contributed by atoms with van der Waals surface area (Å²) in [5, 5.41) is 3.50. The van der Waals surface area contributed by atoms with Crippen LogP contribution in [0.15, 0.2) is 0 Å². The fourth-order valence-corrected chi connectivity index (χ4v) is 2.01. The molecule has 1 saturated heterocycles. The van der Waals surface area contributed by atoms with Gasteiger partial charge in [-0.2, -0.15) is 0 Å². The maximum Gasteiger partial charge on any atom is 0.0593 e. The highest BCUT2D eigenvalue weighted by molar-refractivity contribution is 4.80. The first kappa shape index (κ1) is 13.9. The van der Waals surface area contributed by atoms with Gasteiger partial charge in [0.25, 0.3) is 0 Å². The van der Waals surface area contributed by atoms with Crippen molar-refractivity contribution in [2.45, 2.75) is 46.2 Å². The first-order chi connectivity index (χ1) is 7.59. The van der Waals surface area contributed by atoms with Gasteiger partial charge < -0.3 is 10.1 Å². The van der Waals surface area contributed by atoms with Crippen LogP contribution in [-0.2, 0) is 4.74 Å². The van der Waals surface area contributed by atoms with Crippen molar-refractivity contribution in [3.8, 4) is 0 Å². The van der Waals surface area contributed by atoms with Gasteiger partial charge in [0.05, 0.1) is 6.61 Å². The minimum absolute atomic E-state index is 0.617. The summed E-state index contributed by atoms with van der Waals surface area (Å²) in [6, 6.07) is 1.26. The van der Waals surface area contributed by atoms with E-state index in [-0.39, 0.29) is 0 Å². The molecule has 1 rings (SSSR count). The maximum atomic E-state index is 5.67. The minimum atomic E-state index is 0.617. The summed E-state index contributed by atoms with van der Waals surface area (Å²) < 4.78 is 5.67. The predicted octanol–water partition coefficient (Wildman–Crippen LogP) is 1.73. The van der Waals surface area contributed by atoms with Crippen LogP contribution in [0.2, 0.25) is 0 Å². The van der Waals surface area contributed by atoms with Crippen molar-refractivity contribution in [2.24, 2.45) is 5.92 Å². The first-order valence-corrected chi connectivity index (χ1v) is 6.64. The van der Waals surface area contributed by atoms with Crippen molar-refractivity contribution in [1.29, 1.82) is 0 Å². The van der Waals surface area contributed by atoms with E-state index in [0.717, 1.165) is 38.8 Å². The molecule has 1 N–H and O–H groups in total. The fourth-order valence-electron chi connectivity index (χ4n) is 2.01. The lowest BCUT2D eigenvalue weighted by Crippen LogP contribution is -2.54. The molecule has 3 heteroatoms. The van der Waals surface area contributed by atoms with Crippen LogP contribution in [0.4, 0.5) is 0 Å². The van der Waals surface area contributed by atoms with Gasteiger partial charge in [-0.25, -0.2) is 0 Å². The molecular formula is C13H28N2O. The molecule has 1 fully saturated rings. The third-order valence-corrected chi connectivity index (χ3v) is 3.26. The highest BCUT2D eigenvalue weighted by atomic mass is 16.5. The summed E-state index contributed by atoms with van der Waals surface area (Å²) in [5.74, 6) is 0.748. The van der Waals surface area contributed by atoms with Gasteiger partial charge in [0.1, 0.15) is 0 Å². The van der Waals surface area contributed by atoms with E-state index in [4.69, 9.17) is 4.74 Å². The van der Waals surface area contributed by atoms with Crippen molar-refractivity contribution < 1.29 is 4.74 Å². The Bertz CT molecular complexity index is 185. The Morgan fingerprint density at radius 2 is 2.06 bits per heavy atom. The number of nitrogens with one attached hydrogen (secondary N) is 1. The summed E-state index contributed by atoms with van der Waals surface area (Å²) in [5.41, 5.74) is 0. The quantitative estimate of drug-likeness (QED) is 0.701. The van der Waals surface area contributed by atoms with E-state index in [2.05, 4.69) is 37.9 Å². The van der Waals surface area contributed by atoms with Gasteiger partial charge in [-0.15, -0.1) is 0 Å². The van der Waals surface area contributed by atoms with Crippen LogP contribution < -0.4 is 5.32 Å². The van der Waals surface area contributed by atoms with E-state index >= 15 is 0 Å². The SMILES string of the molecule is CC(C)CCOCCN1CC(C)NCC1C. The Morgan fingerprint density at radius 1 is 1.31 bits per heavy atom. The average molecular weight is 228 g/mol. The summed E-state index contributed by atoms with van der Waals surface area (Å²) >= 11 is 0. The Labute approximate surface area is 101 Å². The molecule has 0 aliphatic carbocycles. The van der Waals surface area contributed by atoms with Crippen LogP contribution >= 0.6 is 0 Å². The second kappa shape index (κ2) is 7.25. The molecule has 0 amide bonds. The van der Waals surface area contributed by atoms with Crippen molar-refractivity contribution >= 4 is 0 Å². The van der Waals surface area contributed by atoms with Crippen molar-refractivity contribution in [2.75, 3.05) is 32.8 Å². The number of hydrogen-bond donors (Lipinski definition) is 1. The molecule has 1 heterocycles. The Hall–Kier alpha value is -0.120. The lowest BCUT2D eigenvalue weighted by Gasteiger charge is -2.37. The molecule has 16 heavy (non-hydrogen) atoms. The zero-order valence-corrected chi connectivity index (χ0v) is 11.3. The predicted molar refractivity (Wildman–Crippen MR) is 68.8 cm³/mol. The second-order valence-corrected chi connectivity index (χ2v) is 5.45. The lowest BCUT2D eigenvalue weighted by molar-refractivity contribution is 0.0679. The molecule has 0 radical (unpaired) electrons. The molecule has 2 unspecified atom stereocenters. The molecule has 0 bridgehead atoms. The van der Waals surface area contributed by atoms with Crippen LogP contribution in [0.25, 0.3) is 0 Å². The molecule has 2 atom stereocenters. The van der Waals surface area contributed by atoms with E-state index in [1.54, 1.807) is 0 Å². The van der Waals surface area contributed by atoms with Crippen LogP contribution in [0, 0.1) is 5.92 Å². The van der Waals surface area contributed by atoms with Crippen LogP contribution in [0.1, 0.15) is 34.1 Å². The van der Waals surface area contributed by atoms with E-state index in [1.807, 2.05) is 0 Å². The Balaban J connectivity index is 2.07. The number of hydrogen-bond acceptors (Lipinski definition) is 3.